The number of nitrogens with two attached hydrogens (primary N) is 1. The normalized spacial score (nSPS) is 18.8. The van der Waals surface area contributed by atoms with Gasteiger partial charge < -0.3 is 16.0 Å². The fourth-order valence-corrected chi connectivity index (χ4v) is 2.15. The van der Waals surface area contributed by atoms with E-state index in [1.807, 2.05) is 25.7 Å². The predicted octanol–water partition coefficient (Wildman–Crippen LogP) is 1.30. The molecule has 0 spiro atoms. The van der Waals surface area contributed by atoms with Crippen molar-refractivity contribution in [3.63, 3.8) is 0 Å². The number of hydrogen-bond acceptors (Lipinski definition) is 3. The van der Waals surface area contributed by atoms with E-state index in [1.165, 1.54) is 6.42 Å². The number of hydrogen-bond donors (Lipinski definition) is 2. The summed E-state index contributed by atoms with van der Waals surface area (Å²) in [6.07, 6.45) is 3.28. The Kier molecular flexibility index (Phi) is 7.52. The second-order valence-corrected chi connectivity index (χ2v) is 6.46. The van der Waals surface area contributed by atoms with Crippen LogP contribution in [-0.2, 0) is 9.59 Å². The Morgan fingerprint density at radius 2 is 1.65 bits per heavy atom. The quantitative estimate of drug-likeness (QED) is 0.825. The molecule has 118 valence electrons. The smallest absolute Gasteiger partial charge is 0.244 e. The topological polar surface area (TPSA) is 75.4 Å². The molecule has 0 aromatic rings. The van der Waals surface area contributed by atoms with Crippen molar-refractivity contribution in [2.24, 2.45) is 11.1 Å². The molecular weight excluding hydrogens is 278 g/mol. The van der Waals surface area contributed by atoms with Gasteiger partial charge in [-0.3, -0.25) is 9.59 Å². The number of amides is 2. The fourth-order valence-electron chi connectivity index (χ4n) is 2.15. The van der Waals surface area contributed by atoms with Crippen LogP contribution in [0.4, 0.5) is 0 Å². The minimum Gasteiger partial charge on any atom is -0.343 e. The van der Waals surface area contributed by atoms with Gasteiger partial charge in [-0.1, -0.05) is 20.8 Å². The number of carbonyl (C=O) groups is 2. The molecule has 1 unspecified atom stereocenters. The highest BCUT2D eigenvalue weighted by atomic mass is 35.5. The fraction of sp³-hybridized carbons (Fsp3) is 0.857. The van der Waals surface area contributed by atoms with Crippen molar-refractivity contribution < 1.29 is 9.59 Å². The molecule has 3 N–H and O–H groups in total. The van der Waals surface area contributed by atoms with E-state index in [-0.39, 0.29) is 29.6 Å². The minimum atomic E-state index is -0.607. The van der Waals surface area contributed by atoms with E-state index < -0.39 is 12.1 Å². The van der Waals surface area contributed by atoms with Gasteiger partial charge in [-0.05, 0) is 31.6 Å². The van der Waals surface area contributed by atoms with Crippen LogP contribution in [0, 0.1) is 5.41 Å². The second-order valence-electron chi connectivity index (χ2n) is 6.46. The van der Waals surface area contributed by atoms with Crippen molar-refractivity contribution in [1.29, 1.82) is 0 Å². The Hall–Kier alpha value is -0.810. The highest BCUT2D eigenvalue weighted by molar-refractivity contribution is 5.89. The van der Waals surface area contributed by atoms with Crippen molar-refractivity contribution in [2.75, 3.05) is 13.1 Å². The summed E-state index contributed by atoms with van der Waals surface area (Å²) in [7, 11) is 0. The molecule has 0 aromatic heterocycles. The van der Waals surface area contributed by atoms with Crippen LogP contribution in [0.15, 0.2) is 0 Å². The summed E-state index contributed by atoms with van der Waals surface area (Å²) in [6.45, 7) is 9.05. The largest absolute Gasteiger partial charge is 0.343 e. The average Bonchev–Trinajstić information content (AvgIpc) is 2.36. The Labute approximate surface area is 128 Å². The van der Waals surface area contributed by atoms with Gasteiger partial charge in [0, 0.05) is 13.1 Å². The van der Waals surface area contributed by atoms with Gasteiger partial charge in [0.2, 0.25) is 11.8 Å². The minimum absolute atomic E-state index is 0. The summed E-state index contributed by atoms with van der Waals surface area (Å²) in [5, 5.41) is 2.73. The summed E-state index contributed by atoms with van der Waals surface area (Å²) in [5.41, 5.74) is 5.58. The summed E-state index contributed by atoms with van der Waals surface area (Å²) < 4.78 is 0. The predicted molar refractivity (Wildman–Crippen MR) is 82.7 cm³/mol. The third-order valence-corrected chi connectivity index (χ3v) is 3.61. The van der Waals surface area contributed by atoms with Crippen LogP contribution < -0.4 is 11.1 Å². The van der Waals surface area contributed by atoms with Gasteiger partial charge in [0.05, 0.1) is 6.04 Å². The highest BCUT2D eigenvalue weighted by Crippen LogP contribution is 2.17. The van der Waals surface area contributed by atoms with Gasteiger partial charge in [0.1, 0.15) is 6.04 Å². The molecule has 2 amide bonds. The summed E-state index contributed by atoms with van der Waals surface area (Å²) in [4.78, 5) is 26.0. The highest BCUT2D eigenvalue weighted by Gasteiger charge is 2.30. The molecule has 5 nitrogen and oxygen atoms in total. The SMILES string of the molecule is CC(NC(=O)[C@@H](N)C(C)(C)C)C(=O)N1CCCCC1.Cl. The van der Waals surface area contributed by atoms with Crippen molar-refractivity contribution in [3.05, 3.63) is 0 Å². The Balaban J connectivity index is 0.00000361. The second kappa shape index (κ2) is 7.84. The number of piperidine rings is 1. The van der Waals surface area contributed by atoms with Gasteiger partial charge in [0.25, 0.3) is 0 Å². The maximum Gasteiger partial charge on any atom is 0.244 e. The molecule has 0 bridgehead atoms. The number of rotatable bonds is 3. The van der Waals surface area contributed by atoms with Crippen LogP contribution in [0.2, 0.25) is 0 Å². The van der Waals surface area contributed by atoms with Crippen molar-refractivity contribution in [3.8, 4) is 0 Å². The maximum absolute atomic E-state index is 12.2. The molecule has 2 atom stereocenters. The summed E-state index contributed by atoms with van der Waals surface area (Å²) >= 11 is 0. The monoisotopic (exact) mass is 305 g/mol. The first-order valence-corrected chi connectivity index (χ1v) is 7.08. The molecule has 1 heterocycles. The maximum atomic E-state index is 12.2. The number of likely N-dealkylation sites (tertiary alicyclic amines) is 1. The Morgan fingerprint density at radius 3 is 2.10 bits per heavy atom. The average molecular weight is 306 g/mol. The molecule has 1 saturated heterocycles. The first-order chi connectivity index (χ1) is 8.73. The van der Waals surface area contributed by atoms with E-state index in [1.54, 1.807) is 6.92 Å². The standard InChI is InChI=1S/C14H27N3O2.ClH/c1-10(13(19)17-8-6-5-7-9-17)16-12(18)11(15)14(2,3)4;/h10-11H,5-9,15H2,1-4H3,(H,16,18);1H/t10?,11-;/m1./s1. The zero-order chi connectivity index (χ0) is 14.6. The molecule has 6 heteroatoms. The van der Waals surface area contributed by atoms with Gasteiger partial charge in [-0.15, -0.1) is 12.4 Å². The van der Waals surface area contributed by atoms with E-state index in [4.69, 9.17) is 5.73 Å². The van der Waals surface area contributed by atoms with E-state index in [0.29, 0.717) is 0 Å². The Bertz CT molecular complexity index is 336. The lowest BCUT2D eigenvalue weighted by Crippen LogP contribution is -2.55. The molecule has 1 rings (SSSR count). The molecule has 1 aliphatic rings. The lowest BCUT2D eigenvalue weighted by molar-refractivity contribution is -0.137. The number of nitrogens with one attached hydrogen (secondary N) is 1. The molecule has 20 heavy (non-hydrogen) atoms. The van der Waals surface area contributed by atoms with Gasteiger partial charge in [-0.2, -0.15) is 0 Å². The van der Waals surface area contributed by atoms with Gasteiger partial charge >= 0.3 is 0 Å². The molecule has 0 aromatic carbocycles. The molecule has 0 saturated carbocycles. The Morgan fingerprint density at radius 1 is 1.15 bits per heavy atom. The first kappa shape index (κ1) is 19.2. The van der Waals surface area contributed by atoms with E-state index in [0.717, 1.165) is 25.9 Å². The number of nitrogens with zero attached hydrogens (tertiary/aromatic N) is 1. The third-order valence-electron chi connectivity index (χ3n) is 3.61. The molecule has 1 aliphatic heterocycles. The van der Waals surface area contributed by atoms with Crippen LogP contribution in [0.1, 0.15) is 47.0 Å². The van der Waals surface area contributed by atoms with E-state index in [9.17, 15) is 9.59 Å². The van der Waals surface area contributed by atoms with Crippen LogP contribution in [0.25, 0.3) is 0 Å². The third kappa shape index (κ3) is 5.29. The lowest BCUT2D eigenvalue weighted by atomic mass is 9.87. The van der Waals surface area contributed by atoms with Gasteiger partial charge in [0.15, 0.2) is 0 Å². The lowest BCUT2D eigenvalue weighted by Gasteiger charge is -2.31. The van der Waals surface area contributed by atoms with Crippen LogP contribution in [-0.4, -0.2) is 41.9 Å². The van der Waals surface area contributed by atoms with Crippen molar-refractivity contribution in [2.45, 2.75) is 59.0 Å². The first-order valence-electron chi connectivity index (χ1n) is 7.08. The van der Waals surface area contributed by atoms with Crippen LogP contribution in [0.5, 0.6) is 0 Å². The summed E-state index contributed by atoms with van der Waals surface area (Å²) in [6, 6.07) is -1.11. The molecule has 0 aliphatic carbocycles. The summed E-state index contributed by atoms with van der Waals surface area (Å²) in [5.74, 6) is -0.264. The van der Waals surface area contributed by atoms with Crippen molar-refractivity contribution in [1.82, 2.24) is 10.2 Å². The van der Waals surface area contributed by atoms with E-state index >= 15 is 0 Å². The molecular formula is C14H28ClN3O2. The molecule has 0 radical (unpaired) electrons. The van der Waals surface area contributed by atoms with Crippen molar-refractivity contribution >= 4 is 24.2 Å². The molecule has 1 fully saturated rings. The zero-order valence-electron chi connectivity index (χ0n) is 12.9. The number of carbonyl (C=O) groups excluding carboxylic acids is 2. The van der Waals surface area contributed by atoms with Gasteiger partial charge in [-0.25, -0.2) is 0 Å². The van der Waals surface area contributed by atoms with Crippen LogP contribution >= 0.6 is 12.4 Å². The van der Waals surface area contributed by atoms with Crippen LogP contribution in [0.3, 0.4) is 0 Å². The zero-order valence-corrected chi connectivity index (χ0v) is 13.8. The van der Waals surface area contributed by atoms with E-state index in [2.05, 4.69) is 5.32 Å². The number of halogens is 1.